The van der Waals surface area contributed by atoms with Crippen molar-refractivity contribution in [2.45, 2.75) is 167 Å². The summed E-state index contributed by atoms with van der Waals surface area (Å²) in [5.74, 6) is -0.0775. The van der Waals surface area contributed by atoms with Crippen LogP contribution in [0.25, 0.3) is 0 Å². The maximum atomic E-state index is 12.2. The van der Waals surface area contributed by atoms with Crippen molar-refractivity contribution >= 4 is 5.91 Å². The molecule has 242 valence electrons. The molecule has 0 heterocycles. The van der Waals surface area contributed by atoms with Gasteiger partial charge in [-0.2, -0.15) is 0 Å². The first kappa shape index (κ1) is 40.1. The lowest BCUT2D eigenvalue weighted by Gasteiger charge is -2.20. The van der Waals surface area contributed by atoms with Gasteiger partial charge in [-0.15, -0.1) is 0 Å². The Balaban J connectivity index is 3.58. The number of amides is 1. The molecule has 0 saturated carbocycles. The lowest BCUT2D eigenvalue weighted by Crippen LogP contribution is -2.45. The topological polar surface area (TPSA) is 69.6 Å². The minimum atomic E-state index is -0.839. The second kappa shape index (κ2) is 33.6. The van der Waals surface area contributed by atoms with Crippen molar-refractivity contribution in [3.05, 3.63) is 60.8 Å². The fourth-order valence-electron chi connectivity index (χ4n) is 4.81. The first-order chi connectivity index (χ1) is 20.7. The van der Waals surface area contributed by atoms with E-state index in [-0.39, 0.29) is 12.5 Å². The number of rotatable bonds is 30. The van der Waals surface area contributed by atoms with Crippen LogP contribution in [0.15, 0.2) is 60.8 Å². The molecule has 0 bridgehead atoms. The molecule has 42 heavy (non-hydrogen) atoms. The van der Waals surface area contributed by atoms with E-state index in [0.29, 0.717) is 6.42 Å². The van der Waals surface area contributed by atoms with E-state index in [4.69, 9.17) is 0 Å². The summed E-state index contributed by atoms with van der Waals surface area (Å²) >= 11 is 0. The number of hydrogen-bond acceptors (Lipinski definition) is 3. The van der Waals surface area contributed by atoms with Gasteiger partial charge in [0.25, 0.3) is 0 Å². The number of hydrogen-bond donors (Lipinski definition) is 3. The predicted molar refractivity (Wildman–Crippen MR) is 184 cm³/mol. The fourth-order valence-corrected chi connectivity index (χ4v) is 4.81. The lowest BCUT2D eigenvalue weighted by molar-refractivity contribution is -0.123. The molecule has 0 saturated heterocycles. The van der Waals surface area contributed by atoms with Crippen molar-refractivity contribution in [3.63, 3.8) is 0 Å². The van der Waals surface area contributed by atoms with Crippen LogP contribution in [-0.4, -0.2) is 34.9 Å². The third-order valence-corrected chi connectivity index (χ3v) is 7.51. The molecular weight excluding hydrogens is 518 g/mol. The average molecular weight is 586 g/mol. The van der Waals surface area contributed by atoms with E-state index < -0.39 is 12.1 Å². The largest absolute Gasteiger partial charge is 0.394 e. The van der Waals surface area contributed by atoms with E-state index in [0.717, 1.165) is 51.4 Å². The molecule has 0 aromatic carbocycles. The zero-order valence-corrected chi connectivity index (χ0v) is 27.5. The standard InChI is InChI=1S/C38H67NO3/c1-3-5-7-9-11-12-13-14-15-16-17-18-19-20-21-22-23-24-25-26-28-30-32-34-38(42)39-36(35-40)37(41)33-31-29-27-10-8-6-4-2/h5,7,11-12,14-15,17-18,31,33,36-37,40-41H,3-4,6,8-10,13,16,19-30,32,34-35H2,1-2H3,(H,39,42)/b7-5-,12-11-,15-14-,18-17-,33-31+. The van der Waals surface area contributed by atoms with Crippen molar-refractivity contribution in [3.8, 4) is 0 Å². The predicted octanol–water partition coefficient (Wildman–Crippen LogP) is 10.2. The van der Waals surface area contributed by atoms with Crippen LogP contribution in [0.5, 0.6) is 0 Å². The molecule has 1 amide bonds. The molecule has 0 aliphatic heterocycles. The summed E-state index contributed by atoms with van der Waals surface area (Å²) in [6.45, 7) is 4.12. The van der Waals surface area contributed by atoms with E-state index in [1.54, 1.807) is 6.08 Å². The van der Waals surface area contributed by atoms with Crippen molar-refractivity contribution < 1.29 is 15.0 Å². The van der Waals surface area contributed by atoms with Crippen LogP contribution >= 0.6 is 0 Å². The van der Waals surface area contributed by atoms with Gasteiger partial charge in [-0.05, 0) is 57.8 Å². The zero-order chi connectivity index (χ0) is 30.8. The Labute approximate surface area is 260 Å². The van der Waals surface area contributed by atoms with Crippen LogP contribution in [0, 0.1) is 0 Å². The van der Waals surface area contributed by atoms with Gasteiger partial charge in [-0.1, -0.05) is 152 Å². The molecule has 4 nitrogen and oxygen atoms in total. The number of unbranched alkanes of at least 4 members (excludes halogenated alkanes) is 15. The van der Waals surface area contributed by atoms with Gasteiger partial charge in [0.2, 0.25) is 5.91 Å². The van der Waals surface area contributed by atoms with Gasteiger partial charge in [-0.25, -0.2) is 0 Å². The molecular formula is C38H67NO3. The Bertz CT molecular complexity index is 722. The molecule has 0 aromatic rings. The van der Waals surface area contributed by atoms with Gasteiger partial charge < -0.3 is 15.5 Å². The highest BCUT2D eigenvalue weighted by molar-refractivity contribution is 5.76. The summed E-state index contributed by atoms with van der Waals surface area (Å²) in [4.78, 5) is 12.2. The van der Waals surface area contributed by atoms with Crippen molar-refractivity contribution in [2.24, 2.45) is 0 Å². The Kier molecular flexibility index (Phi) is 32.1. The number of allylic oxidation sites excluding steroid dienone is 9. The second-order valence-electron chi connectivity index (χ2n) is 11.6. The number of carbonyl (C=O) groups excluding carboxylic acids is 1. The SMILES string of the molecule is CC/C=C\C/C=C\C/C=C\C/C=C\CCCCCCCCCCCCC(=O)NC(CO)C(O)/C=C/CCCCCCC. The smallest absolute Gasteiger partial charge is 0.220 e. The van der Waals surface area contributed by atoms with Crippen molar-refractivity contribution in [1.82, 2.24) is 5.32 Å². The number of carbonyl (C=O) groups is 1. The highest BCUT2D eigenvalue weighted by atomic mass is 16.3. The minimum Gasteiger partial charge on any atom is -0.394 e. The highest BCUT2D eigenvalue weighted by Crippen LogP contribution is 2.13. The number of aliphatic hydroxyl groups is 2. The van der Waals surface area contributed by atoms with Gasteiger partial charge >= 0.3 is 0 Å². The van der Waals surface area contributed by atoms with Crippen molar-refractivity contribution in [2.75, 3.05) is 6.61 Å². The maximum absolute atomic E-state index is 12.2. The summed E-state index contributed by atoms with van der Waals surface area (Å²) in [5, 5.41) is 22.7. The van der Waals surface area contributed by atoms with E-state index in [1.807, 2.05) is 6.08 Å². The molecule has 0 spiro atoms. The van der Waals surface area contributed by atoms with Gasteiger partial charge in [0.05, 0.1) is 18.8 Å². The lowest BCUT2D eigenvalue weighted by atomic mass is 10.0. The molecule has 0 aliphatic rings. The van der Waals surface area contributed by atoms with Gasteiger partial charge in [0.1, 0.15) is 0 Å². The quantitative estimate of drug-likeness (QED) is 0.0580. The van der Waals surface area contributed by atoms with E-state index in [9.17, 15) is 15.0 Å². The molecule has 0 aliphatic carbocycles. The van der Waals surface area contributed by atoms with E-state index in [2.05, 4.69) is 67.8 Å². The Hall–Kier alpha value is -1.91. The summed E-state index contributed by atoms with van der Waals surface area (Å²) < 4.78 is 0. The molecule has 0 radical (unpaired) electrons. The fraction of sp³-hybridized carbons (Fsp3) is 0.711. The Morgan fingerprint density at radius 1 is 0.595 bits per heavy atom. The van der Waals surface area contributed by atoms with Crippen LogP contribution in [0.2, 0.25) is 0 Å². The first-order valence-corrected chi connectivity index (χ1v) is 17.5. The highest BCUT2D eigenvalue weighted by Gasteiger charge is 2.17. The Morgan fingerprint density at radius 2 is 1.05 bits per heavy atom. The van der Waals surface area contributed by atoms with Crippen LogP contribution in [0.1, 0.15) is 155 Å². The molecule has 0 fully saturated rings. The summed E-state index contributed by atoms with van der Waals surface area (Å²) in [6, 6.07) is -0.622. The third kappa shape index (κ3) is 29.6. The van der Waals surface area contributed by atoms with Crippen molar-refractivity contribution in [1.29, 1.82) is 0 Å². The minimum absolute atomic E-state index is 0.0775. The molecule has 2 unspecified atom stereocenters. The van der Waals surface area contributed by atoms with Gasteiger partial charge in [0, 0.05) is 6.42 Å². The first-order valence-electron chi connectivity index (χ1n) is 17.5. The van der Waals surface area contributed by atoms with Crippen LogP contribution in [0.3, 0.4) is 0 Å². The van der Waals surface area contributed by atoms with Crippen LogP contribution in [0.4, 0.5) is 0 Å². The average Bonchev–Trinajstić information content (AvgIpc) is 2.99. The molecule has 4 heteroatoms. The number of nitrogens with one attached hydrogen (secondary N) is 1. The second-order valence-corrected chi connectivity index (χ2v) is 11.6. The summed E-state index contributed by atoms with van der Waals surface area (Å²) in [7, 11) is 0. The molecule has 2 atom stereocenters. The van der Waals surface area contributed by atoms with E-state index >= 15 is 0 Å². The molecule has 0 rings (SSSR count). The zero-order valence-electron chi connectivity index (χ0n) is 27.5. The molecule has 0 aromatic heterocycles. The van der Waals surface area contributed by atoms with E-state index in [1.165, 1.54) is 83.5 Å². The summed E-state index contributed by atoms with van der Waals surface area (Å²) in [6.07, 6.45) is 46.0. The Morgan fingerprint density at radius 3 is 1.57 bits per heavy atom. The van der Waals surface area contributed by atoms with Crippen LogP contribution < -0.4 is 5.32 Å². The number of aliphatic hydroxyl groups excluding tert-OH is 2. The molecule has 3 N–H and O–H groups in total. The van der Waals surface area contributed by atoms with Gasteiger partial charge in [-0.3, -0.25) is 4.79 Å². The van der Waals surface area contributed by atoms with Gasteiger partial charge in [0.15, 0.2) is 0 Å². The monoisotopic (exact) mass is 586 g/mol. The normalized spacial score (nSPS) is 13.9. The summed E-state index contributed by atoms with van der Waals surface area (Å²) in [5.41, 5.74) is 0. The maximum Gasteiger partial charge on any atom is 0.220 e. The van der Waals surface area contributed by atoms with Crippen LogP contribution in [-0.2, 0) is 4.79 Å². The third-order valence-electron chi connectivity index (χ3n) is 7.51.